The first-order valence-corrected chi connectivity index (χ1v) is 20.4. The summed E-state index contributed by atoms with van der Waals surface area (Å²) in [6.45, 7) is 23.5. The molecule has 3 N–H and O–H groups in total. The van der Waals surface area contributed by atoms with E-state index in [-0.39, 0.29) is 18.4 Å². The largest absolute Gasteiger partial charge is 0.475 e. The van der Waals surface area contributed by atoms with E-state index in [4.69, 9.17) is 23.3 Å². The molecule has 15 heteroatoms. The Morgan fingerprint density at radius 1 is 0.818 bits per heavy atom. The zero-order valence-electron chi connectivity index (χ0n) is 34.1. The van der Waals surface area contributed by atoms with Crippen molar-refractivity contribution in [2.24, 2.45) is 0 Å². The second kappa shape index (κ2) is 17.0. The van der Waals surface area contributed by atoms with Gasteiger partial charge in [-0.15, -0.1) is 0 Å². The lowest BCUT2D eigenvalue weighted by molar-refractivity contribution is -0.00336. The summed E-state index contributed by atoms with van der Waals surface area (Å²) in [4.78, 5) is 41.5. The number of phosphoric acid groups is 1. The average Bonchev–Trinajstić information content (AvgIpc) is 3.02. The van der Waals surface area contributed by atoms with Crippen molar-refractivity contribution in [1.82, 2.24) is 20.3 Å². The first-order valence-electron chi connectivity index (χ1n) is 18.1. The highest BCUT2D eigenvalue weighted by atomic mass is 32.2. The highest BCUT2D eigenvalue weighted by molar-refractivity contribution is 7.99. The lowest BCUT2D eigenvalue weighted by Crippen LogP contribution is -2.47. The van der Waals surface area contributed by atoms with Crippen LogP contribution in [0.3, 0.4) is 0 Å². The minimum atomic E-state index is -4.02. The number of ether oxygens (including phenoxy) is 1. The van der Waals surface area contributed by atoms with Crippen LogP contribution in [0.15, 0.2) is 70.7 Å². The first kappa shape index (κ1) is 43.7. The smallest absolute Gasteiger partial charge is 0.444 e. The fourth-order valence-corrected chi connectivity index (χ4v) is 7.76. The van der Waals surface area contributed by atoms with Crippen molar-refractivity contribution in [2.75, 3.05) is 17.2 Å². The molecule has 0 atom stereocenters. The van der Waals surface area contributed by atoms with Gasteiger partial charge in [0.2, 0.25) is 0 Å². The number of nitrogens with one attached hydrogen (secondary N) is 3. The van der Waals surface area contributed by atoms with E-state index in [1.165, 1.54) is 18.1 Å². The number of hydrogen-bond acceptors (Lipinski definition) is 12. The molecule has 55 heavy (non-hydrogen) atoms. The molecule has 0 aliphatic heterocycles. The van der Waals surface area contributed by atoms with Crippen molar-refractivity contribution in [2.45, 2.75) is 128 Å². The van der Waals surface area contributed by atoms with Crippen LogP contribution in [0.1, 0.15) is 112 Å². The molecule has 2 heterocycles. The minimum Gasteiger partial charge on any atom is -0.444 e. The van der Waals surface area contributed by atoms with Crippen molar-refractivity contribution >= 4 is 59.8 Å². The van der Waals surface area contributed by atoms with E-state index in [0.717, 1.165) is 15.5 Å². The molecular weight excluding hydrogens is 740 g/mol. The third-order valence-electron chi connectivity index (χ3n) is 7.14. The van der Waals surface area contributed by atoms with E-state index in [0.29, 0.717) is 33.8 Å². The Morgan fingerprint density at radius 3 is 2.04 bits per heavy atom. The molecule has 4 rings (SSSR count). The number of hydrogen-bond donors (Lipinski definition) is 3. The zero-order valence-corrected chi connectivity index (χ0v) is 35.8. The molecule has 0 fully saturated rings. The number of carbonyl (C=O) groups excluding carboxylic acids is 2. The van der Waals surface area contributed by atoms with Gasteiger partial charge in [-0.25, -0.2) is 24.3 Å². The van der Waals surface area contributed by atoms with Gasteiger partial charge in [0, 0.05) is 26.7 Å². The second-order valence-corrected chi connectivity index (χ2v) is 19.7. The molecule has 0 radical (unpaired) electrons. The highest BCUT2D eigenvalue weighted by Crippen LogP contribution is 2.55. The Bertz CT molecular complexity index is 2020. The SMILES string of the molecule is CC(C)c1ccc2c(Nc3cc(C(=O)NC(C)(C)COP(=O)(OC(C)(C)C)OC(C)(C)C)ccc3Sc3ccc(NC(=O)OC(C)(C)C)cc3)ncnc2n1. The third kappa shape index (κ3) is 13.9. The van der Waals surface area contributed by atoms with Gasteiger partial charge in [0.25, 0.3) is 5.91 Å². The number of nitrogens with zero attached hydrogens (tertiary/aromatic N) is 3. The van der Waals surface area contributed by atoms with Gasteiger partial charge in [0.05, 0.1) is 34.4 Å². The Hall–Kier alpha value is -4.07. The molecule has 0 unspecified atom stereocenters. The van der Waals surface area contributed by atoms with Gasteiger partial charge < -0.3 is 15.4 Å². The second-order valence-electron chi connectivity index (χ2n) is 17.0. The predicted octanol–water partition coefficient (Wildman–Crippen LogP) is 10.7. The van der Waals surface area contributed by atoms with Crippen LogP contribution in [0, 0.1) is 0 Å². The summed E-state index contributed by atoms with van der Waals surface area (Å²) in [6.07, 6.45) is 0.913. The topological polar surface area (TPSA) is 163 Å². The average molecular weight is 795 g/mol. The molecule has 0 saturated heterocycles. The normalized spacial score (nSPS) is 12.8. The fourth-order valence-electron chi connectivity index (χ4n) is 4.92. The third-order valence-corrected chi connectivity index (χ3v) is 10.2. The Labute approximate surface area is 329 Å². The van der Waals surface area contributed by atoms with E-state index in [2.05, 4.69) is 39.8 Å². The summed E-state index contributed by atoms with van der Waals surface area (Å²) < 4.78 is 36.4. The van der Waals surface area contributed by atoms with Gasteiger partial charge >= 0.3 is 13.9 Å². The van der Waals surface area contributed by atoms with E-state index in [1.807, 2.05) is 30.3 Å². The van der Waals surface area contributed by atoms with E-state index in [9.17, 15) is 14.2 Å². The van der Waals surface area contributed by atoms with Gasteiger partial charge in [-0.05, 0) is 137 Å². The number of phosphoric ester groups is 1. The van der Waals surface area contributed by atoms with E-state index in [1.54, 1.807) is 100 Å². The maximum absolute atomic E-state index is 13.8. The lowest BCUT2D eigenvalue weighted by Gasteiger charge is -2.33. The molecule has 0 aliphatic carbocycles. The number of benzene rings is 2. The van der Waals surface area contributed by atoms with Crippen LogP contribution >= 0.6 is 19.6 Å². The van der Waals surface area contributed by atoms with Gasteiger partial charge in [-0.1, -0.05) is 25.6 Å². The van der Waals surface area contributed by atoms with Crippen LogP contribution < -0.4 is 16.0 Å². The molecular formula is C40H55N6O7PS. The summed E-state index contributed by atoms with van der Waals surface area (Å²) in [7, 11) is -4.02. The zero-order chi connectivity index (χ0) is 41.0. The van der Waals surface area contributed by atoms with E-state index >= 15 is 0 Å². The van der Waals surface area contributed by atoms with Gasteiger partial charge in [-0.3, -0.25) is 23.7 Å². The number of carbonyl (C=O) groups is 2. The van der Waals surface area contributed by atoms with Crippen LogP contribution in [-0.4, -0.2) is 55.9 Å². The minimum absolute atomic E-state index is 0.154. The monoisotopic (exact) mass is 794 g/mol. The van der Waals surface area contributed by atoms with Crippen molar-refractivity contribution in [3.63, 3.8) is 0 Å². The van der Waals surface area contributed by atoms with Gasteiger partial charge in [-0.2, -0.15) is 0 Å². The van der Waals surface area contributed by atoms with Crippen LogP contribution in [0.5, 0.6) is 0 Å². The molecule has 0 spiro atoms. The lowest BCUT2D eigenvalue weighted by atomic mass is 10.1. The summed E-state index contributed by atoms with van der Waals surface area (Å²) in [5.41, 5.74) is -0.205. The molecule has 2 aromatic heterocycles. The van der Waals surface area contributed by atoms with Gasteiger partial charge in [0.1, 0.15) is 17.7 Å². The summed E-state index contributed by atoms with van der Waals surface area (Å²) in [6, 6.07) is 16.6. The van der Waals surface area contributed by atoms with Crippen molar-refractivity contribution in [1.29, 1.82) is 0 Å². The number of amides is 2. The van der Waals surface area contributed by atoms with Crippen LogP contribution in [-0.2, 0) is 22.9 Å². The fraction of sp³-hybridized carbons (Fsp3) is 0.475. The number of anilines is 3. The Morgan fingerprint density at radius 2 is 1.45 bits per heavy atom. The number of fused-ring (bicyclic) bond motifs is 1. The van der Waals surface area contributed by atoms with Crippen LogP contribution in [0.25, 0.3) is 11.0 Å². The van der Waals surface area contributed by atoms with Crippen molar-refractivity contribution in [3.05, 3.63) is 72.2 Å². The van der Waals surface area contributed by atoms with Crippen LogP contribution in [0.2, 0.25) is 0 Å². The Balaban J connectivity index is 1.62. The molecule has 0 saturated carbocycles. The Kier molecular flexibility index (Phi) is 13.5. The number of rotatable bonds is 13. The summed E-state index contributed by atoms with van der Waals surface area (Å²) in [5.74, 6) is 0.356. The van der Waals surface area contributed by atoms with Crippen molar-refractivity contribution in [3.8, 4) is 0 Å². The molecule has 4 aromatic rings. The molecule has 2 amide bonds. The highest BCUT2D eigenvalue weighted by Gasteiger charge is 2.39. The summed E-state index contributed by atoms with van der Waals surface area (Å²) >= 11 is 1.46. The summed E-state index contributed by atoms with van der Waals surface area (Å²) in [5, 5.41) is 9.90. The molecule has 0 aliphatic rings. The standard InChI is InChI=1S/C40H55N6O7PS/c1-25(2)30-20-19-29-33(44-30)41-24-42-34(29)45-31-22-26(14-21-32(31)55-28-17-15-27(16-18-28)43-36(48)51-37(3,4)5)35(47)46-40(12,13)23-50-54(49,52-38(6,7)8)53-39(9,10)11/h14-22,24-25H,23H2,1-13H3,(H,43,48)(H,46,47)(H,41,42,44,45). The quantitative estimate of drug-likeness (QED) is 0.110. The van der Waals surface area contributed by atoms with E-state index < -0.39 is 36.3 Å². The molecule has 298 valence electrons. The van der Waals surface area contributed by atoms with Gasteiger partial charge in [0.15, 0.2) is 5.65 Å². The molecule has 2 aromatic carbocycles. The van der Waals surface area contributed by atoms with Crippen LogP contribution in [0.4, 0.5) is 22.0 Å². The molecule has 0 bridgehead atoms. The first-order chi connectivity index (χ1) is 25.3. The predicted molar refractivity (Wildman–Crippen MR) is 218 cm³/mol. The number of aromatic nitrogens is 3. The maximum atomic E-state index is 13.8. The maximum Gasteiger partial charge on any atom is 0.475 e. The number of pyridine rings is 1. The van der Waals surface area contributed by atoms with Crippen molar-refractivity contribution < 1.29 is 32.5 Å². The molecule has 13 nitrogen and oxygen atoms in total.